The van der Waals surface area contributed by atoms with Crippen LogP contribution in [-0.4, -0.2) is 13.2 Å². The summed E-state index contributed by atoms with van der Waals surface area (Å²) in [6, 6.07) is 6.40. The van der Waals surface area contributed by atoms with E-state index in [2.05, 4.69) is 5.32 Å². The Bertz CT molecular complexity index is 401. The van der Waals surface area contributed by atoms with Crippen LogP contribution >= 0.6 is 11.6 Å². The van der Waals surface area contributed by atoms with Crippen molar-refractivity contribution in [3.63, 3.8) is 0 Å². The van der Waals surface area contributed by atoms with Crippen molar-refractivity contribution in [1.82, 2.24) is 0 Å². The van der Waals surface area contributed by atoms with Crippen molar-refractivity contribution in [2.24, 2.45) is 11.8 Å². The topological polar surface area (TPSA) is 21.3 Å². The van der Waals surface area contributed by atoms with Crippen LogP contribution < -0.4 is 10.1 Å². The fourth-order valence-corrected chi connectivity index (χ4v) is 2.68. The van der Waals surface area contributed by atoms with Crippen LogP contribution in [0, 0.1) is 11.8 Å². The van der Waals surface area contributed by atoms with Gasteiger partial charge in [-0.2, -0.15) is 0 Å². The number of benzene rings is 1. The van der Waals surface area contributed by atoms with Crippen LogP contribution in [-0.2, 0) is 0 Å². The third kappa shape index (κ3) is 2.52. The molecule has 1 aromatic carbocycles. The molecule has 2 aliphatic carbocycles. The molecule has 0 unspecified atom stereocenters. The molecule has 2 aliphatic rings. The Morgan fingerprint density at radius 3 is 2.41 bits per heavy atom. The summed E-state index contributed by atoms with van der Waals surface area (Å²) in [7, 11) is 1.71. The van der Waals surface area contributed by atoms with Crippen LogP contribution in [0.15, 0.2) is 18.2 Å². The molecule has 0 aromatic heterocycles. The van der Waals surface area contributed by atoms with Gasteiger partial charge in [0.15, 0.2) is 0 Å². The van der Waals surface area contributed by atoms with Gasteiger partial charge in [-0.25, -0.2) is 0 Å². The second-order valence-electron chi connectivity index (χ2n) is 5.19. The molecule has 17 heavy (non-hydrogen) atoms. The molecule has 0 bridgehead atoms. The Balaban J connectivity index is 1.79. The lowest BCUT2D eigenvalue weighted by Crippen LogP contribution is -2.24. The predicted molar refractivity (Wildman–Crippen MR) is 70.9 cm³/mol. The van der Waals surface area contributed by atoms with Crippen molar-refractivity contribution in [2.75, 3.05) is 12.4 Å². The first-order valence-electron chi connectivity index (χ1n) is 6.38. The van der Waals surface area contributed by atoms with Crippen LogP contribution in [0.3, 0.4) is 0 Å². The van der Waals surface area contributed by atoms with Crippen molar-refractivity contribution in [3.05, 3.63) is 23.2 Å². The maximum atomic E-state index is 6.05. The highest BCUT2D eigenvalue weighted by Gasteiger charge is 2.41. The van der Waals surface area contributed by atoms with Crippen LogP contribution in [0.5, 0.6) is 5.75 Å². The molecule has 2 saturated carbocycles. The van der Waals surface area contributed by atoms with E-state index in [0.29, 0.717) is 6.04 Å². The van der Waals surface area contributed by atoms with Gasteiger partial charge >= 0.3 is 0 Å². The van der Waals surface area contributed by atoms with Crippen LogP contribution in [0.25, 0.3) is 0 Å². The second kappa shape index (κ2) is 4.41. The van der Waals surface area contributed by atoms with Gasteiger partial charge < -0.3 is 10.1 Å². The average molecular weight is 252 g/mol. The summed E-state index contributed by atoms with van der Waals surface area (Å²) < 4.78 is 5.38. The van der Waals surface area contributed by atoms with Gasteiger partial charge in [0.25, 0.3) is 0 Å². The Hall–Kier alpha value is -0.890. The van der Waals surface area contributed by atoms with Crippen LogP contribution in [0.1, 0.15) is 25.7 Å². The zero-order chi connectivity index (χ0) is 11.8. The number of hydrogen-bond acceptors (Lipinski definition) is 2. The lowest BCUT2D eigenvalue weighted by molar-refractivity contribution is 0.415. The minimum Gasteiger partial charge on any atom is -0.495 e. The van der Waals surface area contributed by atoms with E-state index in [-0.39, 0.29) is 0 Å². The molecule has 2 fully saturated rings. The van der Waals surface area contributed by atoms with Gasteiger partial charge in [0.1, 0.15) is 5.75 Å². The van der Waals surface area contributed by atoms with Crippen LogP contribution in [0.2, 0.25) is 5.02 Å². The zero-order valence-corrected chi connectivity index (χ0v) is 10.8. The zero-order valence-electron chi connectivity index (χ0n) is 10.1. The van der Waals surface area contributed by atoms with E-state index in [1.165, 1.54) is 25.7 Å². The van der Waals surface area contributed by atoms with Gasteiger partial charge in [0.05, 0.1) is 12.8 Å². The Morgan fingerprint density at radius 1 is 1.24 bits per heavy atom. The van der Waals surface area contributed by atoms with Gasteiger partial charge in [-0.1, -0.05) is 11.6 Å². The highest BCUT2D eigenvalue weighted by atomic mass is 35.5. The highest BCUT2D eigenvalue weighted by molar-refractivity contribution is 6.30. The molecule has 0 atom stereocenters. The summed E-state index contributed by atoms with van der Waals surface area (Å²) in [5.41, 5.74) is 1.05. The van der Waals surface area contributed by atoms with Gasteiger partial charge in [-0.15, -0.1) is 0 Å². The van der Waals surface area contributed by atoms with Gasteiger partial charge in [-0.3, -0.25) is 0 Å². The summed E-state index contributed by atoms with van der Waals surface area (Å²) in [5.74, 6) is 2.62. The van der Waals surface area contributed by atoms with Crippen molar-refractivity contribution in [1.29, 1.82) is 0 Å². The molecule has 0 heterocycles. The first-order valence-corrected chi connectivity index (χ1v) is 6.76. The maximum Gasteiger partial charge on any atom is 0.142 e. The summed E-state index contributed by atoms with van der Waals surface area (Å²) in [4.78, 5) is 0. The van der Waals surface area contributed by atoms with E-state index in [1.807, 2.05) is 18.2 Å². The maximum absolute atomic E-state index is 6.05. The number of rotatable bonds is 5. The first kappa shape index (κ1) is 11.2. The molecule has 92 valence electrons. The van der Waals surface area contributed by atoms with E-state index in [0.717, 1.165) is 28.3 Å². The van der Waals surface area contributed by atoms with E-state index in [9.17, 15) is 0 Å². The number of hydrogen-bond donors (Lipinski definition) is 1. The Morgan fingerprint density at radius 2 is 1.88 bits per heavy atom. The van der Waals surface area contributed by atoms with Crippen LogP contribution in [0.4, 0.5) is 5.69 Å². The molecule has 3 heteroatoms. The quantitative estimate of drug-likeness (QED) is 0.856. The highest BCUT2D eigenvalue weighted by Crippen LogP contribution is 2.46. The van der Waals surface area contributed by atoms with Crippen molar-refractivity contribution >= 4 is 17.3 Å². The molecule has 0 spiro atoms. The first-order chi connectivity index (χ1) is 8.28. The summed E-state index contributed by atoms with van der Waals surface area (Å²) in [6.45, 7) is 0. The molecule has 1 N–H and O–H groups in total. The Labute approximate surface area is 107 Å². The molecule has 3 rings (SSSR count). The summed E-state index contributed by atoms with van der Waals surface area (Å²) in [6.07, 6.45) is 5.49. The van der Waals surface area contributed by atoms with E-state index in [1.54, 1.807) is 7.11 Å². The molecule has 2 nitrogen and oxygen atoms in total. The lowest BCUT2D eigenvalue weighted by Gasteiger charge is -2.21. The minimum atomic E-state index is 0.627. The standard InChI is InChI=1S/C14H18ClNO/c1-17-13-7-6-11(15)8-12(13)16-14(9-2-3-9)10-4-5-10/h6-10,14,16H,2-5H2,1H3. The fourth-order valence-electron chi connectivity index (χ4n) is 2.50. The number of ether oxygens (including phenoxy) is 1. The summed E-state index contributed by atoms with van der Waals surface area (Å²) >= 11 is 6.05. The van der Waals surface area contributed by atoms with Crippen molar-refractivity contribution in [2.45, 2.75) is 31.7 Å². The van der Waals surface area contributed by atoms with Crippen molar-refractivity contribution in [3.8, 4) is 5.75 Å². The predicted octanol–water partition coefficient (Wildman–Crippen LogP) is 3.95. The molecule has 0 saturated heterocycles. The third-order valence-corrected chi connectivity index (χ3v) is 3.98. The number of nitrogens with one attached hydrogen (secondary N) is 1. The second-order valence-corrected chi connectivity index (χ2v) is 5.63. The van der Waals surface area contributed by atoms with E-state index >= 15 is 0 Å². The average Bonchev–Trinajstić information content (AvgIpc) is 3.16. The van der Waals surface area contributed by atoms with Gasteiger partial charge in [0.2, 0.25) is 0 Å². The van der Waals surface area contributed by atoms with Crippen molar-refractivity contribution < 1.29 is 4.74 Å². The SMILES string of the molecule is COc1ccc(Cl)cc1NC(C1CC1)C1CC1. The van der Waals surface area contributed by atoms with E-state index < -0.39 is 0 Å². The minimum absolute atomic E-state index is 0.627. The number of anilines is 1. The molecular formula is C14H18ClNO. The lowest BCUT2D eigenvalue weighted by atomic mass is 10.1. The fraction of sp³-hybridized carbons (Fsp3) is 0.571. The molecule has 1 aromatic rings. The molecular weight excluding hydrogens is 234 g/mol. The van der Waals surface area contributed by atoms with Gasteiger partial charge in [0, 0.05) is 11.1 Å². The monoisotopic (exact) mass is 251 g/mol. The summed E-state index contributed by atoms with van der Waals surface area (Å²) in [5, 5.41) is 4.42. The number of methoxy groups -OCH3 is 1. The van der Waals surface area contributed by atoms with Gasteiger partial charge in [-0.05, 0) is 55.7 Å². The number of halogens is 1. The smallest absolute Gasteiger partial charge is 0.142 e. The normalized spacial score (nSPS) is 19.5. The largest absolute Gasteiger partial charge is 0.495 e. The molecule has 0 aliphatic heterocycles. The third-order valence-electron chi connectivity index (χ3n) is 3.74. The van der Waals surface area contributed by atoms with E-state index in [4.69, 9.17) is 16.3 Å². The molecule has 0 amide bonds. The Kier molecular flexibility index (Phi) is 2.91. The molecule has 0 radical (unpaired) electrons.